The van der Waals surface area contributed by atoms with Crippen molar-refractivity contribution < 1.29 is 14.3 Å². The number of amides is 2. The first-order valence-electron chi connectivity index (χ1n) is 12.9. The second kappa shape index (κ2) is 9.23. The molecule has 0 radical (unpaired) electrons. The second-order valence-corrected chi connectivity index (χ2v) is 10.9. The van der Waals surface area contributed by atoms with Crippen molar-refractivity contribution >= 4 is 23.3 Å². The molecule has 11 heteroatoms. The largest absolute Gasteiger partial charge is 0.443 e. The van der Waals surface area contributed by atoms with Crippen molar-refractivity contribution in [3.8, 4) is 0 Å². The molecule has 4 aromatic heterocycles. The van der Waals surface area contributed by atoms with Crippen LogP contribution in [0.25, 0.3) is 5.65 Å². The summed E-state index contributed by atoms with van der Waals surface area (Å²) in [6, 6.07) is 6.10. The molecule has 38 heavy (non-hydrogen) atoms. The molecule has 196 valence electrons. The number of hydrogen-bond acceptors (Lipinski definition) is 7. The fourth-order valence-electron chi connectivity index (χ4n) is 4.64. The number of fused-ring (bicyclic) bond motifs is 2. The number of nitrogens with zero attached hydrogens (tertiary/aromatic N) is 7. The van der Waals surface area contributed by atoms with Crippen LogP contribution in [0, 0.1) is 0 Å². The van der Waals surface area contributed by atoms with Gasteiger partial charge in [-0.3, -0.25) is 14.7 Å². The minimum absolute atomic E-state index is 0.224. The quantitative estimate of drug-likeness (QED) is 0.418. The SMILES string of the molecule is CC(C)(C)OC(=O)N1CCc2cc(CNC(=O)c3cn(Cc4cn5cc(C6CC6)ccc5n4)nn3)ncc21. The summed E-state index contributed by atoms with van der Waals surface area (Å²) in [5, 5.41) is 11.0. The average Bonchev–Trinajstić information content (AvgIpc) is 3.28. The Hall–Kier alpha value is -4.28. The number of rotatable bonds is 6. The lowest BCUT2D eigenvalue weighted by Crippen LogP contribution is -2.35. The zero-order valence-corrected chi connectivity index (χ0v) is 21.7. The lowest BCUT2D eigenvalue weighted by molar-refractivity contribution is 0.0583. The van der Waals surface area contributed by atoms with Gasteiger partial charge in [0.05, 0.1) is 42.6 Å². The first-order valence-corrected chi connectivity index (χ1v) is 12.9. The first-order chi connectivity index (χ1) is 18.2. The molecule has 2 amide bonds. The highest BCUT2D eigenvalue weighted by Crippen LogP contribution is 2.39. The van der Waals surface area contributed by atoms with Crippen molar-refractivity contribution in [3.63, 3.8) is 0 Å². The van der Waals surface area contributed by atoms with Crippen LogP contribution in [0.2, 0.25) is 0 Å². The number of ether oxygens (including phenoxy) is 1. The maximum Gasteiger partial charge on any atom is 0.414 e. The number of anilines is 1. The second-order valence-electron chi connectivity index (χ2n) is 10.9. The van der Waals surface area contributed by atoms with Crippen LogP contribution in [0.3, 0.4) is 0 Å². The fraction of sp³-hybridized carbons (Fsp3) is 0.407. The molecule has 1 aliphatic heterocycles. The van der Waals surface area contributed by atoms with E-state index >= 15 is 0 Å². The maximum atomic E-state index is 12.7. The zero-order valence-electron chi connectivity index (χ0n) is 21.7. The van der Waals surface area contributed by atoms with Gasteiger partial charge in [-0.1, -0.05) is 11.3 Å². The van der Waals surface area contributed by atoms with E-state index in [0.717, 1.165) is 22.6 Å². The summed E-state index contributed by atoms with van der Waals surface area (Å²) in [5.41, 5.74) is 5.18. The number of pyridine rings is 2. The Labute approximate surface area is 219 Å². The summed E-state index contributed by atoms with van der Waals surface area (Å²) in [7, 11) is 0. The third kappa shape index (κ3) is 5.09. The Morgan fingerprint density at radius 2 is 1.97 bits per heavy atom. The van der Waals surface area contributed by atoms with Crippen LogP contribution in [0.4, 0.5) is 10.5 Å². The van der Waals surface area contributed by atoms with E-state index in [2.05, 4.69) is 37.9 Å². The van der Waals surface area contributed by atoms with Gasteiger partial charge in [-0.2, -0.15) is 0 Å². The van der Waals surface area contributed by atoms with E-state index in [-0.39, 0.29) is 24.2 Å². The van der Waals surface area contributed by atoms with E-state index in [1.165, 1.54) is 18.4 Å². The summed E-state index contributed by atoms with van der Waals surface area (Å²) in [6.45, 7) is 6.72. The van der Waals surface area contributed by atoms with Gasteiger partial charge in [-0.05, 0) is 69.2 Å². The van der Waals surface area contributed by atoms with Crippen LogP contribution in [-0.2, 0) is 24.2 Å². The molecule has 11 nitrogen and oxygen atoms in total. The standard InChI is InChI=1S/C27H30N8O3/c1-27(2,3)38-26(37)35-9-8-18-10-20(28-12-23(18)35)11-29-25(36)22-16-34(32-31-22)15-21-14-33-13-19(17-4-5-17)6-7-24(33)30-21/h6-7,10,12-14,16-17H,4-5,8-9,11,15H2,1-3H3,(H,29,36). The monoisotopic (exact) mass is 514 g/mol. The smallest absolute Gasteiger partial charge is 0.414 e. The van der Waals surface area contributed by atoms with Crippen LogP contribution >= 0.6 is 0 Å². The molecule has 0 unspecified atom stereocenters. The van der Waals surface area contributed by atoms with Gasteiger partial charge in [-0.15, -0.1) is 5.10 Å². The molecule has 1 aliphatic carbocycles. The third-order valence-electron chi connectivity index (χ3n) is 6.63. The minimum atomic E-state index is -0.564. The van der Waals surface area contributed by atoms with Crippen molar-refractivity contribution in [3.05, 3.63) is 71.2 Å². The highest BCUT2D eigenvalue weighted by molar-refractivity contribution is 5.92. The number of nitrogens with one attached hydrogen (secondary N) is 1. The maximum absolute atomic E-state index is 12.7. The molecule has 5 heterocycles. The van der Waals surface area contributed by atoms with E-state index in [9.17, 15) is 9.59 Å². The predicted octanol–water partition coefficient (Wildman–Crippen LogP) is 3.47. The Morgan fingerprint density at radius 3 is 2.76 bits per heavy atom. The Bertz CT molecular complexity index is 1530. The number of carbonyl (C=O) groups excluding carboxylic acids is 2. The van der Waals surface area contributed by atoms with E-state index in [1.54, 1.807) is 22.0 Å². The normalized spacial score (nSPS) is 15.1. The van der Waals surface area contributed by atoms with E-state index < -0.39 is 5.60 Å². The summed E-state index contributed by atoms with van der Waals surface area (Å²) in [5.74, 6) is 0.346. The number of aromatic nitrogens is 6. The molecule has 2 aliphatic rings. The number of imidazole rings is 1. The Kier molecular flexibility index (Phi) is 5.85. The van der Waals surface area contributed by atoms with Crippen LogP contribution in [0.1, 0.15) is 72.5 Å². The molecular weight excluding hydrogens is 484 g/mol. The molecule has 0 bridgehead atoms. The summed E-state index contributed by atoms with van der Waals surface area (Å²) in [4.78, 5) is 35.9. The van der Waals surface area contributed by atoms with E-state index in [4.69, 9.17) is 4.74 Å². The van der Waals surface area contributed by atoms with Gasteiger partial charge in [0.1, 0.15) is 11.2 Å². The minimum Gasteiger partial charge on any atom is -0.443 e. The van der Waals surface area contributed by atoms with Crippen LogP contribution in [0.5, 0.6) is 0 Å². The van der Waals surface area contributed by atoms with Crippen molar-refractivity contribution in [2.75, 3.05) is 11.4 Å². The average molecular weight is 515 g/mol. The fourth-order valence-corrected chi connectivity index (χ4v) is 4.64. The van der Waals surface area contributed by atoms with Gasteiger partial charge in [-0.25, -0.2) is 14.5 Å². The molecule has 1 N–H and O–H groups in total. The van der Waals surface area contributed by atoms with Crippen molar-refractivity contribution in [1.82, 2.24) is 34.7 Å². The molecule has 0 atom stereocenters. The first kappa shape index (κ1) is 24.1. The molecule has 0 aromatic carbocycles. The van der Waals surface area contributed by atoms with Gasteiger partial charge < -0.3 is 14.5 Å². The van der Waals surface area contributed by atoms with Gasteiger partial charge in [0, 0.05) is 18.9 Å². The Balaban J connectivity index is 1.06. The summed E-state index contributed by atoms with van der Waals surface area (Å²) < 4.78 is 9.14. The zero-order chi connectivity index (χ0) is 26.4. The van der Waals surface area contributed by atoms with Gasteiger partial charge in [0.25, 0.3) is 5.91 Å². The van der Waals surface area contributed by atoms with Crippen molar-refractivity contribution in [2.24, 2.45) is 0 Å². The molecule has 1 saturated carbocycles. The number of carbonyl (C=O) groups is 2. The number of hydrogen-bond donors (Lipinski definition) is 1. The lowest BCUT2D eigenvalue weighted by atomic mass is 10.2. The topological polar surface area (TPSA) is 120 Å². The van der Waals surface area contributed by atoms with Crippen molar-refractivity contribution in [2.45, 2.75) is 64.6 Å². The Morgan fingerprint density at radius 1 is 1.13 bits per heavy atom. The lowest BCUT2D eigenvalue weighted by Gasteiger charge is -2.24. The van der Waals surface area contributed by atoms with Crippen molar-refractivity contribution in [1.29, 1.82) is 0 Å². The molecule has 6 rings (SSSR count). The highest BCUT2D eigenvalue weighted by atomic mass is 16.6. The highest BCUT2D eigenvalue weighted by Gasteiger charge is 2.29. The van der Waals surface area contributed by atoms with Crippen LogP contribution < -0.4 is 10.2 Å². The molecule has 1 fully saturated rings. The molecular formula is C27H30N8O3. The summed E-state index contributed by atoms with van der Waals surface area (Å²) >= 11 is 0. The third-order valence-corrected chi connectivity index (χ3v) is 6.63. The van der Waals surface area contributed by atoms with Gasteiger partial charge >= 0.3 is 6.09 Å². The molecule has 0 spiro atoms. The summed E-state index contributed by atoms with van der Waals surface area (Å²) in [6.07, 6.45) is 10.2. The predicted molar refractivity (Wildman–Crippen MR) is 139 cm³/mol. The molecule has 4 aromatic rings. The van der Waals surface area contributed by atoms with Gasteiger partial charge in [0.2, 0.25) is 0 Å². The molecule has 0 saturated heterocycles. The van der Waals surface area contributed by atoms with E-state index in [1.807, 2.05) is 43.5 Å². The van der Waals surface area contributed by atoms with Crippen LogP contribution in [-0.4, -0.2) is 53.5 Å². The van der Waals surface area contributed by atoms with Crippen LogP contribution in [0.15, 0.2) is 43.0 Å². The van der Waals surface area contributed by atoms with Gasteiger partial charge in [0.15, 0.2) is 5.69 Å². The van der Waals surface area contributed by atoms with E-state index in [0.29, 0.717) is 31.1 Å².